The molecular formula is C20H24Cl2N2O4S. The lowest BCUT2D eigenvalue weighted by Crippen LogP contribution is -2.41. The molecule has 0 aliphatic heterocycles. The third kappa shape index (κ3) is 6.09. The van der Waals surface area contributed by atoms with E-state index < -0.39 is 15.9 Å². The van der Waals surface area contributed by atoms with Crippen molar-refractivity contribution in [1.29, 1.82) is 0 Å². The van der Waals surface area contributed by atoms with Crippen molar-refractivity contribution in [1.82, 2.24) is 9.62 Å². The number of halogens is 2. The summed E-state index contributed by atoms with van der Waals surface area (Å²) in [6.07, 6.45) is 0. The Balaban J connectivity index is 2.12. The van der Waals surface area contributed by atoms with E-state index in [0.717, 1.165) is 9.87 Å². The van der Waals surface area contributed by atoms with Crippen LogP contribution < -0.4 is 10.1 Å². The highest BCUT2D eigenvalue weighted by Crippen LogP contribution is 2.28. The maximum Gasteiger partial charge on any atom is 0.243 e. The third-order valence-corrected chi connectivity index (χ3v) is 6.73. The zero-order valence-corrected chi connectivity index (χ0v) is 18.8. The van der Waals surface area contributed by atoms with Gasteiger partial charge in [-0.3, -0.25) is 4.79 Å². The van der Waals surface area contributed by atoms with Gasteiger partial charge in [0.15, 0.2) is 0 Å². The molecule has 0 heterocycles. The summed E-state index contributed by atoms with van der Waals surface area (Å²) in [6.45, 7) is 5.54. The highest BCUT2D eigenvalue weighted by molar-refractivity contribution is 7.89. The number of hydrogen-bond donors (Lipinski definition) is 1. The molecule has 2 aromatic rings. The minimum Gasteiger partial charge on any atom is -0.492 e. The SMILES string of the molecule is CCOc1ccc(S(=O)(=O)N(CC)CC(=O)N[C@H](C)c2ccc(Cl)cc2)cc1Cl. The van der Waals surface area contributed by atoms with Gasteiger partial charge in [0, 0.05) is 11.6 Å². The quantitative estimate of drug-likeness (QED) is 0.608. The van der Waals surface area contributed by atoms with Gasteiger partial charge in [0.1, 0.15) is 5.75 Å². The Kier molecular flexibility index (Phi) is 8.34. The molecule has 6 nitrogen and oxygen atoms in total. The minimum absolute atomic E-state index is 0.00588. The van der Waals surface area contributed by atoms with E-state index in [2.05, 4.69) is 5.32 Å². The Labute approximate surface area is 181 Å². The zero-order chi connectivity index (χ0) is 21.6. The van der Waals surface area contributed by atoms with Crippen LogP contribution in [0.5, 0.6) is 5.75 Å². The van der Waals surface area contributed by atoms with Crippen LogP contribution in [0.3, 0.4) is 0 Å². The average Bonchev–Trinajstić information content (AvgIpc) is 2.68. The Bertz CT molecular complexity index is 949. The van der Waals surface area contributed by atoms with Crippen LogP contribution >= 0.6 is 23.2 Å². The first kappa shape index (κ1) is 23.5. The fourth-order valence-electron chi connectivity index (χ4n) is 2.71. The summed E-state index contributed by atoms with van der Waals surface area (Å²) in [5.41, 5.74) is 0.868. The van der Waals surface area contributed by atoms with Crippen molar-refractivity contribution in [2.45, 2.75) is 31.7 Å². The van der Waals surface area contributed by atoms with Crippen LogP contribution in [0.25, 0.3) is 0 Å². The Morgan fingerprint density at radius 3 is 2.34 bits per heavy atom. The number of nitrogens with one attached hydrogen (secondary N) is 1. The zero-order valence-electron chi connectivity index (χ0n) is 16.5. The van der Waals surface area contributed by atoms with Crippen LogP contribution in [-0.2, 0) is 14.8 Å². The van der Waals surface area contributed by atoms with E-state index in [0.29, 0.717) is 17.4 Å². The fourth-order valence-corrected chi connectivity index (χ4v) is 4.57. The molecule has 158 valence electrons. The molecule has 0 aliphatic carbocycles. The molecule has 1 N–H and O–H groups in total. The number of sulfonamides is 1. The Morgan fingerprint density at radius 1 is 1.14 bits per heavy atom. The van der Waals surface area contributed by atoms with Crippen LogP contribution in [-0.4, -0.2) is 38.3 Å². The van der Waals surface area contributed by atoms with E-state index in [1.54, 1.807) is 19.1 Å². The van der Waals surface area contributed by atoms with E-state index in [1.807, 2.05) is 26.0 Å². The van der Waals surface area contributed by atoms with E-state index in [4.69, 9.17) is 27.9 Å². The average molecular weight is 459 g/mol. The minimum atomic E-state index is -3.89. The first-order valence-corrected chi connectivity index (χ1v) is 11.4. The predicted octanol–water partition coefficient (Wildman–Crippen LogP) is 4.28. The lowest BCUT2D eigenvalue weighted by atomic mass is 10.1. The standard InChI is InChI=1S/C20H24Cl2N2O4S/c1-4-24(13-20(25)23-14(3)15-6-8-16(21)9-7-15)29(26,27)17-10-11-19(28-5-2)18(22)12-17/h6-12,14H,4-5,13H2,1-3H3,(H,23,25)/t14-/m1/s1. The number of carbonyl (C=O) groups excluding carboxylic acids is 1. The molecule has 2 rings (SSSR count). The van der Waals surface area contributed by atoms with Crippen LogP contribution in [0.15, 0.2) is 47.4 Å². The second kappa shape index (κ2) is 10.3. The summed E-state index contributed by atoms with van der Waals surface area (Å²) >= 11 is 12.0. The molecule has 2 aromatic carbocycles. The van der Waals surface area contributed by atoms with Crippen molar-refractivity contribution in [3.63, 3.8) is 0 Å². The summed E-state index contributed by atoms with van der Waals surface area (Å²) in [6, 6.07) is 11.1. The maximum absolute atomic E-state index is 12.9. The molecule has 0 unspecified atom stereocenters. The van der Waals surface area contributed by atoms with Gasteiger partial charge in [-0.05, 0) is 49.7 Å². The molecule has 0 saturated carbocycles. The maximum atomic E-state index is 12.9. The number of rotatable bonds is 9. The van der Waals surface area contributed by atoms with Crippen molar-refractivity contribution < 1.29 is 17.9 Å². The lowest BCUT2D eigenvalue weighted by Gasteiger charge is -2.22. The molecule has 0 saturated heterocycles. The summed E-state index contributed by atoms with van der Waals surface area (Å²) in [7, 11) is -3.89. The van der Waals surface area contributed by atoms with Gasteiger partial charge in [0.05, 0.1) is 29.1 Å². The molecule has 1 amide bonds. The first-order chi connectivity index (χ1) is 13.7. The number of nitrogens with zero attached hydrogens (tertiary/aromatic N) is 1. The highest BCUT2D eigenvalue weighted by atomic mass is 35.5. The predicted molar refractivity (Wildman–Crippen MR) is 115 cm³/mol. The van der Waals surface area contributed by atoms with Crippen LogP contribution in [0.4, 0.5) is 0 Å². The van der Waals surface area contributed by atoms with E-state index >= 15 is 0 Å². The van der Waals surface area contributed by atoms with Gasteiger partial charge < -0.3 is 10.1 Å². The molecule has 1 atom stereocenters. The van der Waals surface area contributed by atoms with Gasteiger partial charge >= 0.3 is 0 Å². The number of hydrogen-bond acceptors (Lipinski definition) is 4. The van der Waals surface area contributed by atoms with Gasteiger partial charge in [-0.15, -0.1) is 0 Å². The van der Waals surface area contributed by atoms with Crippen molar-refractivity contribution in [2.24, 2.45) is 0 Å². The molecule has 0 bridgehead atoms. The van der Waals surface area contributed by atoms with Crippen molar-refractivity contribution >= 4 is 39.1 Å². The summed E-state index contributed by atoms with van der Waals surface area (Å²) in [4.78, 5) is 12.5. The van der Waals surface area contributed by atoms with Crippen LogP contribution in [0, 0.1) is 0 Å². The fraction of sp³-hybridized carbons (Fsp3) is 0.350. The second-order valence-corrected chi connectivity index (χ2v) is 9.08. The van der Waals surface area contributed by atoms with Crippen LogP contribution in [0.1, 0.15) is 32.4 Å². The third-order valence-electron chi connectivity index (χ3n) is 4.26. The molecule has 0 radical (unpaired) electrons. The van der Waals surface area contributed by atoms with Crippen molar-refractivity contribution in [3.8, 4) is 5.75 Å². The molecule has 0 aromatic heterocycles. The summed E-state index contributed by atoms with van der Waals surface area (Å²) in [5, 5.41) is 3.61. The van der Waals surface area contributed by atoms with Gasteiger partial charge in [-0.25, -0.2) is 8.42 Å². The monoisotopic (exact) mass is 458 g/mol. The van der Waals surface area contributed by atoms with E-state index in [-0.39, 0.29) is 29.0 Å². The molecule has 0 aliphatic rings. The normalized spacial score (nSPS) is 12.6. The Morgan fingerprint density at radius 2 is 1.79 bits per heavy atom. The first-order valence-electron chi connectivity index (χ1n) is 9.16. The van der Waals surface area contributed by atoms with E-state index in [1.165, 1.54) is 18.2 Å². The van der Waals surface area contributed by atoms with Crippen molar-refractivity contribution in [2.75, 3.05) is 19.7 Å². The molecule has 9 heteroatoms. The Hall–Kier alpha value is -1.80. The van der Waals surface area contributed by atoms with Gasteiger partial charge in [-0.2, -0.15) is 4.31 Å². The molecule has 29 heavy (non-hydrogen) atoms. The summed E-state index contributed by atoms with van der Waals surface area (Å²) in [5.74, 6) is 0.000561. The highest BCUT2D eigenvalue weighted by Gasteiger charge is 2.26. The number of likely N-dealkylation sites (N-methyl/N-ethyl adjacent to an activating group) is 1. The van der Waals surface area contributed by atoms with Gasteiger partial charge in [0.2, 0.25) is 15.9 Å². The summed E-state index contributed by atoms with van der Waals surface area (Å²) < 4.78 is 32.3. The molecule has 0 fully saturated rings. The second-order valence-electron chi connectivity index (χ2n) is 6.30. The molecular weight excluding hydrogens is 435 g/mol. The van der Waals surface area contributed by atoms with E-state index in [9.17, 15) is 13.2 Å². The number of benzene rings is 2. The number of amides is 1. The topological polar surface area (TPSA) is 75.7 Å². The van der Waals surface area contributed by atoms with Crippen LogP contribution in [0.2, 0.25) is 10.0 Å². The number of carbonyl (C=O) groups is 1. The van der Waals surface area contributed by atoms with Crippen molar-refractivity contribution in [3.05, 3.63) is 58.1 Å². The number of ether oxygens (including phenoxy) is 1. The lowest BCUT2D eigenvalue weighted by molar-refractivity contribution is -0.121. The smallest absolute Gasteiger partial charge is 0.243 e. The molecule has 0 spiro atoms. The van der Waals surface area contributed by atoms with Gasteiger partial charge in [-0.1, -0.05) is 42.3 Å². The largest absolute Gasteiger partial charge is 0.492 e. The van der Waals surface area contributed by atoms with Gasteiger partial charge in [0.25, 0.3) is 0 Å².